The van der Waals surface area contributed by atoms with Gasteiger partial charge in [-0.3, -0.25) is 14.6 Å². The van der Waals surface area contributed by atoms with Gasteiger partial charge in [-0.1, -0.05) is 26.7 Å². The van der Waals surface area contributed by atoms with Crippen LogP contribution in [0.25, 0.3) is 0 Å². The van der Waals surface area contributed by atoms with E-state index in [0.717, 1.165) is 38.6 Å². The zero-order chi connectivity index (χ0) is 19.3. The number of carbonyl (C=O) groups excluding carboxylic acids is 2. The van der Waals surface area contributed by atoms with Gasteiger partial charge in [-0.25, -0.2) is 0 Å². The Morgan fingerprint density at radius 3 is 2.46 bits per heavy atom. The van der Waals surface area contributed by atoms with E-state index in [0.29, 0.717) is 19.0 Å². The van der Waals surface area contributed by atoms with E-state index in [1.165, 1.54) is 0 Å². The molecule has 2 amide bonds. The number of nitrogens with one attached hydrogen (secondary N) is 2. The third-order valence-corrected chi connectivity index (χ3v) is 5.57. The molecule has 1 unspecified atom stereocenters. The standard InChI is InChI=1S/C19H35N5O2/c1-14(2)16(25)24-11-8-15(12-24)22-18(20-3)21-13-19(9-6-7-10-19)17(26)23(4)5/h14-15H,6-13H2,1-5H3,(H2,20,21,22). The van der Waals surface area contributed by atoms with E-state index in [2.05, 4.69) is 15.6 Å². The smallest absolute Gasteiger partial charge is 0.230 e. The van der Waals surface area contributed by atoms with Gasteiger partial charge in [-0.05, 0) is 19.3 Å². The van der Waals surface area contributed by atoms with Gasteiger partial charge in [0.1, 0.15) is 0 Å². The molecule has 1 heterocycles. The zero-order valence-corrected chi connectivity index (χ0v) is 17.0. The Bertz CT molecular complexity index is 538. The van der Waals surface area contributed by atoms with Gasteiger partial charge in [0, 0.05) is 52.7 Å². The first-order valence-corrected chi connectivity index (χ1v) is 9.77. The zero-order valence-electron chi connectivity index (χ0n) is 17.0. The monoisotopic (exact) mass is 365 g/mol. The number of carbonyl (C=O) groups is 2. The average molecular weight is 366 g/mol. The number of rotatable bonds is 5. The number of hydrogen-bond donors (Lipinski definition) is 2. The summed E-state index contributed by atoms with van der Waals surface area (Å²) >= 11 is 0. The quantitative estimate of drug-likeness (QED) is 0.564. The van der Waals surface area contributed by atoms with Crippen LogP contribution < -0.4 is 10.6 Å². The lowest BCUT2D eigenvalue weighted by Crippen LogP contribution is -2.51. The lowest BCUT2D eigenvalue weighted by atomic mass is 9.84. The predicted octanol–water partition coefficient (Wildman–Crippen LogP) is 1.06. The molecule has 26 heavy (non-hydrogen) atoms. The van der Waals surface area contributed by atoms with Crippen LogP contribution in [0.4, 0.5) is 0 Å². The molecule has 7 heteroatoms. The van der Waals surface area contributed by atoms with Crippen molar-refractivity contribution < 1.29 is 9.59 Å². The summed E-state index contributed by atoms with van der Waals surface area (Å²) in [7, 11) is 5.40. The summed E-state index contributed by atoms with van der Waals surface area (Å²) in [6, 6.07) is 0.202. The Morgan fingerprint density at radius 1 is 1.27 bits per heavy atom. The number of hydrogen-bond acceptors (Lipinski definition) is 3. The highest BCUT2D eigenvalue weighted by Gasteiger charge is 2.42. The number of amides is 2. The van der Waals surface area contributed by atoms with E-state index in [-0.39, 0.29) is 29.2 Å². The van der Waals surface area contributed by atoms with E-state index in [1.54, 1.807) is 11.9 Å². The van der Waals surface area contributed by atoms with Gasteiger partial charge in [0.05, 0.1) is 5.41 Å². The molecule has 0 aromatic rings. The second-order valence-corrected chi connectivity index (χ2v) is 8.18. The molecule has 1 aliphatic heterocycles. The van der Waals surface area contributed by atoms with Gasteiger partial charge in [0.2, 0.25) is 11.8 Å². The van der Waals surface area contributed by atoms with E-state index in [9.17, 15) is 9.59 Å². The molecule has 2 aliphatic rings. The van der Waals surface area contributed by atoms with Crippen LogP contribution in [0.5, 0.6) is 0 Å². The molecule has 0 radical (unpaired) electrons. The van der Waals surface area contributed by atoms with E-state index in [4.69, 9.17) is 0 Å². The minimum atomic E-state index is -0.323. The van der Waals surface area contributed by atoms with Crippen molar-refractivity contribution in [3.05, 3.63) is 0 Å². The van der Waals surface area contributed by atoms with E-state index in [1.807, 2.05) is 32.8 Å². The molecule has 2 fully saturated rings. The normalized spacial score (nSPS) is 22.6. The van der Waals surface area contributed by atoms with Crippen LogP contribution >= 0.6 is 0 Å². The Hall–Kier alpha value is -1.79. The second-order valence-electron chi connectivity index (χ2n) is 8.18. The van der Waals surface area contributed by atoms with Crippen LogP contribution in [0.1, 0.15) is 46.0 Å². The summed E-state index contributed by atoms with van der Waals surface area (Å²) in [5.74, 6) is 1.16. The van der Waals surface area contributed by atoms with E-state index < -0.39 is 0 Å². The largest absolute Gasteiger partial charge is 0.355 e. The summed E-state index contributed by atoms with van der Waals surface area (Å²) < 4.78 is 0. The molecule has 2 N–H and O–H groups in total. The molecule has 1 atom stereocenters. The van der Waals surface area contributed by atoms with Gasteiger partial charge in [0.25, 0.3) is 0 Å². The number of guanidine groups is 1. The molecule has 0 aromatic heterocycles. The van der Waals surface area contributed by atoms with Crippen LogP contribution in [-0.4, -0.2) is 74.4 Å². The summed E-state index contributed by atoms with van der Waals surface area (Å²) in [5, 5.41) is 6.79. The lowest BCUT2D eigenvalue weighted by Gasteiger charge is -2.31. The molecule has 0 bridgehead atoms. The minimum Gasteiger partial charge on any atom is -0.355 e. The molecule has 7 nitrogen and oxygen atoms in total. The van der Waals surface area contributed by atoms with Gasteiger partial charge in [-0.2, -0.15) is 0 Å². The topological polar surface area (TPSA) is 77.0 Å². The number of likely N-dealkylation sites (tertiary alicyclic amines) is 1. The maximum absolute atomic E-state index is 12.7. The van der Waals surface area contributed by atoms with Crippen molar-refractivity contribution in [3.63, 3.8) is 0 Å². The SMILES string of the molecule is CN=C(NCC1(C(=O)N(C)C)CCCC1)NC1CCN(C(=O)C(C)C)C1. The predicted molar refractivity (Wildman–Crippen MR) is 104 cm³/mol. The highest BCUT2D eigenvalue weighted by atomic mass is 16.2. The average Bonchev–Trinajstić information content (AvgIpc) is 3.27. The number of aliphatic imine (C=N–C) groups is 1. The van der Waals surface area contributed by atoms with Crippen molar-refractivity contribution >= 4 is 17.8 Å². The summed E-state index contributed by atoms with van der Waals surface area (Å²) in [6.07, 6.45) is 4.97. The van der Waals surface area contributed by atoms with Crippen molar-refractivity contribution in [3.8, 4) is 0 Å². The Balaban J connectivity index is 1.90. The molecule has 1 aliphatic carbocycles. The fraction of sp³-hybridized carbons (Fsp3) is 0.842. The van der Waals surface area contributed by atoms with Crippen molar-refractivity contribution in [2.24, 2.45) is 16.3 Å². The van der Waals surface area contributed by atoms with Crippen molar-refractivity contribution in [1.29, 1.82) is 0 Å². The molecular weight excluding hydrogens is 330 g/mol. The van der Waals surface area contributed by atoms with Gasteiger partial charge >= 0.3 is 0 Å². The molecule has 1 saturated carbocycles. The van der Waals surface area contributed by atoms with Gasteiger partial charge in [0.15, 0.2) is 5.96 Å². The highest BCUT2D eigenvalue weighted by molar-refractivity contribution is 5.85. The summed E-state index contributed by atoms with van der Waals surface area (Å²) in [4.78, 5) is 32.8. The van der Waals surface area contributed by atoms with Crippen LogP contribution in [0.15, 0.2) is 4.99 Å². The maximum atomic E-state index is 12.7. The first-order valence-electron chi connectivity index (χ1n) is 9.77. The van der Waals surface area contributed by atoms with E-state index >= 15 is 0 Å². The second kappa shape index (κ2) is 8.73. The maximum Gasteiger partial charge on any atom is 0.230 e. The Labute approximate surface area is 157 Å². The van der Waals surface area contributed by atoms with Crippen molar-refractivity contribution in [1.82, 2.24) is 20.4 Å². The fourth-order valence-electron chi connectivity index (χ4n) is 4.08. The third kappa shape index (κ3) is 4.68. The van der Waals surface area contributed by atoms with Crippen LogP contribution in [0.2, 0.25) is 0 Å². The van der Waals surface area contributed by atoms with Crippen molar-refractivity contribution in [2.45, 2.75) is 52.0 Å². The van der Waals surface area contributed by atoms with Gasteiger partial charge in [-0.15, -0.1) is 0 Å². The van der Waals surface area contributed by atoms with Crippen LogP contribution in [0, 0.1) is 11.3 Å². The molecular formula is C19H35N5O2. The first kappa shape index (κ1) is 20.5. The number of nitrogens with zero attached hydrogens (tertiary/aromatic N) is 3. The molecule has 1 saturated heterocycles. The Morgan fingerprint density at radius 2 is 1.92 bits per heavy atom. The van der Waals surface area contributed by atoms with Crippen molar-refractivity contribution in [2.75, 3.05) is 40.8 Å². The highest BCUT2D eigenvalue weighted by Crippen LogP contribution is 2.38. The Kier molecular flexibility index (Phi) is 6.89. The van der Waals surface area contributed by atoms with Crippen LogP contribution in [0.3, 0.4) is 0 Å². The summed E-state index contributed by atoms with van der Waals surface area (Å²) in [6.45, 7) is 5.97. The molecule has 0 spiro atoms. The lowest BCUT2D eigenvalue weighted by molar-refractivity contribution is -0.139. The first-order chi connectivity index (χ1) is 12.3. The molecule has 148 valence electrons. The molecule has 0 aromatic carbocycles. The summed E-state index contributed by atoms with van der Waals surface area (Å²) in [5.41, 5.74) is -0.323. The van der Waals surface area contributed by atoms with Crippen LogP contribution in [-0.2, 0) is 9.59 Å². The van der Waals surface area contributed by atoms with Gasteiger partial charge < -0.3 is 20.4 Å². The fourth-order valence-corrected chi connectivity index (χ4v) is 4.08. The third-order valence-electron chi connectivity index (χ3n) is 5.57. The molecule has 2 rings (SSSR count). The minimum absolute atomic E-state index is 0.0328.